The predicted octanol–water partition coefficient (Wildman–Crippen LogP) is 4.99. The van der Waals surface area contributed by atoms with E-state index in [1.54, 1.807) is 0 Å². The molecule has 6 nitrogen and oxygen atoms in total. The maximum Gasteiger partial charge on any atom is 0.293 e. The molecule has 5 rings (SSSR count). The number of anilines is 1. The van der Waals surface area contributed by atoms with Crippen LogP contribution in [-0.4, -0.2) is 16.1 Å². The summed E-state index contributed by atoms with van der Waals surface area (Å²) in [5.74, 6) is 1.13. The van der Waals surface area contributed by atoms with Crippen LogP contribution in [0.1, 0.15) is 39.9 Å². The van der Waals surface area contributed by atoms with Crippen molar-refractivity contribution in [3.8, 4) is 5.75 Å². The third kappa shape index (κ3) is 3.36. The number of ether oxygens (including phenoxy) is 1. The SMILES string of the molecule is O=C(Nc1nnc(C2CC2)s1)c1oc2ccccc2c1COc1ccccc1. The highest BCUT2D eigenvalue weighted by atomic mass is 32.1. The normalized spacial score (nSPS) is 13.6. The van der Waals surface area contributed by atoms with Gasteiger partial charge in [-0.25, -0.2) is 0 Å². The highest BCUT2D eigenvalue weighted by Gasteiger charge is 2.28. The Bertz CT molecular complexity index is 1130. The first-order chi connectivity index (χ1) is 13.8. The Morgan fingerprint density at radius 1 is 1.11 bits per heavy atom. The molecule has 0 unspecified atom stereocenters. The molecule has 2 aromatic heterocycles. The lowest BCUT2D eigenvalue weighted by Crippen LogP contribution is -2.13. The third-order valence-electron chi connectivity index (χ3n) is 4.62. The molecule has 1 N–H and O–H groups in total. The van der Waals surface area contributed by atoms with E-state index in [1.807, 2.05) is 54.6 Å². The van der Waals surface area contributed by atoms with Crippen molar-refractivity contribution >= 4 is 33.3 Å². The molecule has 0 radical (unpaired) electrons. The van der Waals surface area contributed by atoms with Crippen molar-refractivity contribution in [2.75, 3.05) is 5.32 Å². The second kappa shape index (κ2) is 7.09. The van der Waals surface area contributed by atoms with Crippen LogP contribution in [0.2, 0.25) is 0 Å². The number of nitrogens with zero attached hydrogens (tertiary/aromatic N) is 2. The molecule has 4 aromatic rings. The van der Waals surface area contributed by atoms with Crippen molar-refractivity contribution in [2.45, 2.75) is 25.4 Å². The second-order valence-corrected chi connectivity index (χ2v) is 7.69. The summed E-state index contributed by atoms with van der Waals surface area (Å²) < 4.78 is 11.7. The average Bonchev–Trinajstić information content (AvgIpc) is 3.36. The van der Waals surface area contributed by atoms with Gasteiger partial charge < -0.3 is 9.15 Å². The molecule has 7 heteroatoms. The molecule has 2 heterocycles. The van der Waals surface area contributed by atoms with E-state index in [9.17, 15) is 4.79 Å². The highest BCUT2D eigenvalue weighted by molar-refractivity contribution is 7.15. The summed E-state index contributed by atoms with van der Waals surface area (Å²) in [5, 5.41) is 13.4. The monoisotopic (exact) mass is 391 g/mol. The van der Waals surface area contributed by atoms with Crippen LogP contribution in [-0.2, 0) is 6.61 Å². The number of para-hydroxylation sites is 2. The smallest absolute Gasteiger partial charge is 0.293 e. The van der Waals surface area contributed by atoms with Crippen molar-refractivity contribution in [1.29, 1.82) is 0 Å². The van der Waals surface area contributed by atoms with Gasteiger partial charge >= 0.3 is 0 Å². The topological polar surface area (TPSA) is 77.3 Å². The quantitative estimate of drug-likeness (QED) is 0.501. The van der Waals surface area contributed by atoms with Gasteiger partial charge in [0.1, 0.15) is 22.9 Å². The van der Waals surface area contributed by atoms with Crippen molar-refractivity contribution in [1.82, 2.24) is 10.2 Å². The lowest BCUT2D eigenvalue weighted by molar-refractivity contribution is 0.0995. The first-order valence-corrected chi connectivity index (χ1v) is 9.92. The van der Waals surface area contributed by atoms with Crippen LogP contribution in [0.4, 0.5) is 5.13 Å². The van der Waals surface area contributed by atoms with Gasteiger partial charge in [-0.05, 0) is 31.0 Å². The van der Waals surface area contributed by atoms with Crippen LogP contribution in [0.15, 0.2) is 59.0 Å². The number of hydrogen-bond donors (Lipinski definition) is 1. The maximum absolute atomic E-state index is 12.9. The van der Waals surface area contributed by atoms with E-state index in [-0.39, 0.29) is 18.3 Å². The zero-order chi connectivity index (χ0) is 18.9. The van der Waals surface area contributed by atoms with Crippen molar-refractivity contribution in [2.24, 2.45) is 0 Å². The second-order valence-electron chi connectivity index (χ2n) is 6.68. The summed E-state index contributed by atoms with van der Waals surface area (Å²) >= 11 is 1.42. The molecule has 0 bridgehead atoms. The van der Waals surface area contributed by atoms with Gasteiger partial charge in [0.25, 0.3) is 5.91 Å². The van der Waals surface area contributed by atoms with E-state index in [4.69, 9.17) is 9.15 Å². The molecule has 0 spiro atoms. The van der Waals surface area contributed by atoms with Crippen molar-refractivity contribution < 1.29 is 13.9 Å². The number of benzene rings is 2. The number of carbonyl (C=O) groups excluding carboxylic acids is 1. The number of hydrogen-bond acceptors (Lipinski definition) is 6. The Balaban J connectivity index is 1.42. The molecule has 28 heavy (non-hydrogen) atoms. The Labute approximate surface area is 165 Å². The van der Waals surface area contributed by atoms with Crippen molar-refractivity contribution in [3.63, 3.8) is 0 Å². The van der Waals surface area contributed by atoms with Crippen LogP contribution in [0.25, 0.3) is 11.0 Å². The molecule has 0 aliphatic heterocycles. The minimum Gasteiger partial charge on any atom is -0.489 e. The number of amides is 1. The van der Waals surface area contributed by atoms with E-state index in [0.29, 0.717) is 22.2 Å². The molecule has 2 aromatic carbocycles. The molecule has 1 aliphatic rings. The molecule has 1 saturated carbocycles. The molecule has 0 saturated heterocycles. The van der Waals surface area contributed by atoms with Crippen LogP contribution >= 0.6 is 11.3 Å². The molecule has 1 aliphatic carbocycles. The number of fused-ring (bicyclic) bond motifs is 1. The number of carbonyl (C=O) groups is 1. The van der Waals surface area contributed by atoms with Gasteiger partial charge in [0.15, 0.2) is 5.76 Å². The van der Waals surface area contributed by atoms with E-state index < -0.39 is 0 Å². The van der Waals surface area contributed by atoms with Crippen LogP contribution in [0.3, 0.4) is 0 Å². The summed E-state index contributed by atoms with van der Waals surface area (Å²) in [5.41, 5.74) is 1.36. The minimum absolute atomic E-state index is 0.229. The number of rotatable bonds is 6. The van der Waals surface area contributed by atoms with E-state index in [0.717, 1.165) is 29.0 Å². The van der Waals surface area contributed by atoms with Gasteiger partial charge in [0, 0.05) is 16.9 Å². The molecular formula is C21H17N3O3S. The van der Waals surface area contributed by atoms with Crippen LogP contribution in [0.5, 0.6) is 5.75 Å². The lowest BCUT2D eigenvalue weighted by atomic mass is 10.1. The van der Waals surface area contributed by atoms with E-state index >= 15 is 0 Å². The first-order valence-electron chi connectivity index (χ1n) is 9.11. The fraction of sp³-hybridized carbons (Fsp3) is 0.190. The fourth-order valence-corrected chi connectivity index (χ4v) is 3.94. The summed E-state index contributed by atoms with van der Waals surface area (Å²) in [6.07, 6.45) is 2.29. The van der Waals surface area contributed by atoms with E-state index in [1.165, 1.54) is 11.3 Å². The molecule has 0 atom stereocenters. The fourth-order valence-electron chi connectivity index (χ4n) is 3.03. The Hall–Kier alpha value is -3.19. The lowest BCUT2D eigenvalue weighted by Gasteiger charge is -2.06. The summed E-state index contributed by atoms with van der Waals surface area (Å²) in [7, 11) is 0. The van der Waals surface area contributed by atoms with Gasteiger partial charge in [-0.15, -0.1) is 10.2 Å². The van der Waals surface area contributed by atoms with Crippen molar-refractivity contribution in [3.05, 3.63) is 70.9 Å². The van der Waals surface area contributed by atoms with Gasteiger partial charge in [-0.3, -0.25) is 10.1 Å². The first kappa shape index (κ1) is 16.9. The summed E-state index contributed by atoms with van der Waals surface area (Å²) in [6.45, 7) is 0.229. The minimum atomic E-state index is -0.346. The average molecular weight is 391 g/mol. The number of aromatic nitrogens is 2. The molecule has 1 fully saturated rings. The predicted molar refractivity (Wildman–Crippen MR) is 107 cm³/mol. The zero-order valence-corrected chi connectivity index (χ0v) is 15.7. The Morgan fingerprint density at radius 3 is 2.71 bits per heavy atom. The standard InChI is InChI=1S/C21H17N3O3S/c25-19(22-21-24-23-20(28-21)13-10-11-13)18-16(12-26-14-6-2-1-3-7-14)15-8-4-5-9-17(15)27-18/h1-9,13H,10-12H2,(H,22,24,25). The van der Waals surface area contributed by atoms with Gasteiger partial charge in [0.05, 0.1) is 0 Å². The number of nitrogens with one attached hydrogen (secondary N) is 1. The van der Waals surface area contributed by atoms with Gasteiger partial charge in [-0.1, -0.05) is 47.7 Å². The summed E-state index contributed by atoms with van der Waals surface area (Å²) in [4.78, 5) is 12.9. The van der Waals surface area contributed by atoms with E-state index in [2.05, 4.69) is 15.5 Å². The van der Waals surface area contributed by atoms with Crippen LogP contribution < -0.4 is 10.1 Å². The Morgan fingerprint density at radius 2 is 1.89 bits per heavy atom. The molecule has 1 amide bonds. The molecule has 140 valence electrons. The highest BCUT2D eigenvalue weighted by Crippen LogP contribution is 2.42. The summed E-state index contributed by atoms with van der Waals surface area (Å²) in [6, 6.07) is 17.1. The third-order valence-corrected chi connectivity index (χ3v) is 5.62. The Kier molecular flexibility index (Phi) is 4.29. The molecular weight excluding hydrogens is 374 g/mol. The van der Waals surface area contributed by atoms with Gasteiger partial charge in [-0.2, -0.15) is 0 Å². The van der Waals surface area contributed by atoms with Crippen LogP contribution in [0, 0.1) is 0 Å². The largest absolute Gasteiger partial charge is 0.489 e. The van der Waals surface area contributed by atoms with Gasteiger partial charge in [0.2, 0.25) is 5.13 Å². The number of furan rings is 1. The maximum atomic E-state index is 12.9. The zero-order valence-electron chi connectivity index (χ0n) is 14.9.